The van der Waals surface area contributed by atoms with E-state index in [0.717, 1.165) is 19.3 Å². The Hall–Kier alpha value is -1.29. The lowest BCUT2D eigenvalue weighted by Gasteiger charge is -2.50. The quantitative estimate of drug-likeness (QED) is 0.710. The number of amides is 1. The van der Waals surface area contributed by atoms with Crippen LogP contribution in [0, 0.1) is 0 Å². The van der Waals surface area contributed by atoms with Gasteiger partial charge in [-0.05, 0) is 53.9 Å². The van der Waals surface area contributed by atoms with E-state index in [4.69, 9.17) is 9.47 Å². The zero-order valence-corrected chi connectivity index (χ0v) is 14.8. The van der Waals surface area contributed by atoms with Crippen LogP contribution >= 0.6 is 0 Å². The summed E-state index contributed by atoms with van der Waals surface area (Å²) in [5.74, 6) is 0. The molecule has 1 amide bonds. The van der Waals surface area contributed by atoms with Crippen LogP contribution in [0.5, 0.6) is 0 Å². The highest BCUT2D eigenvalue weighted by atomic mass is 16.6. The van der Waals surface area contributed by atoms with Crippen LogP contribution in [0.1, 0.15) is 53.9 Å². The molecule has 126 valence electrons. The maximum atomic E-state index is 12.4. The molecular formula is C18H31NO3. The van der Waals surface area contributed by atoms with Crippen LogP contribution in [0.3, 0.4) is 0 Å². The van der Waals surface area contributed by atoms with Gasteiger partial charge in [0.1, 0.15) is 5.60 Å². The fourth-order valence-electron chi connectivity index (χ4n) is 3.10. The van der Waals surface area contributed by atoms with Gasteiger partial charge in [0.15, 0.2) is 0 Å². The molecule has 0 aromatic rings. The van der Waals surface area contributed by atoms with E-state index in [1.165, 1.54) is 0 Å². The summed E-state index contributed by atoms with van der Waals surface area (Å²) in [6, 6.07) is 0. The van der Waals surface area contributed by atoms with Gasteiger partial charge in [-0.2, -0.15) is 0 Å². The van der Waals surface area contributed by atoms with Gasteiger partial charge >= 0.3 is 6.09 Å². The fourth-order valence-corrected chi connectivity index (χ4v) is 3.10. The molecule has 1 rings (SSSR count). The summed E-state index contributed by atoms with van der Waals surface area (Å²) in [6.45, 7) is 18.5. The van der Waals surface area contributed by atoms with Crippen molar-refractivity contribution in [3.63, 3.8) is 0 Å². The van der Waals surface area contributed by atoms with E-state index >= 15 is 0 Å². The Labute approximate surface area is 135 Å². The molecule has 1 aliphatic heterocycles. The van der Waals surface area contributed by atoms with Crippen LogP contribution in [0.15, 0.2) is 25.3 Å². The molecule has 1 unspecified atom stereocenters. The van der Waals surface area contributed by atoms with Crippen LogP contribution in [0.4, 0.5) is 4.79 Å². The van der Waals surface area contributed by atoms with Crippen molar-refractivity contribution in [3.05, 3.63) is 25.3 Å². The molecule has 1 aliphatic rings. The summed E-state index contributed by atoms with van der Waals surface area (Å²) in [5.41, 5.74) is -1.09. The van der Waals surface area contributed by atoms with Crippen molar-refractivity contribution < 1.29 is 14.3 Å². The smallest absolute Gasteiger partial charge is 0.410 e. The van der Waals surface area contributed by atoms with Crippen LogP contribution in [-0.4, -0.2) is 40.9 Å². The topological polar surface area (TPSA) is 38.8 Å². The van der Waals surface area contributed by atoms with Crippen molar-refractivity contribution in [2.24, 2.45) is 0 Å². The maximum Gasteiger partial charge on any atom is 0.410 e. The first-order chi connectivity index (χ1) is 10.1. The Morgan fingerprint density at radius 3 is 2.36 bits per heavy atom. The van der Waals surface area contributed by atoms with Crippen LogP contribution in [-0.2, 0) is 9.47 Å². The minimum atomic E-state index is -0.484. The molecule has 0 aromatic heterocycles. The molecule has 0 radical (unpaired) electrons. The highest BCUT2D eigenvalue weighted by Gasteiger charge is 2.46. The molecule has 0 aromatic carbocycles. The van der Waals surface area contributed by atoms with Gasteiger partial charge in [-0.1, -0.05) is 12.2 Å². The highest BCUT2D eigenvalue weighted by molar-refractivity contribution is 5.69. The first-order valence-corrected chi connectivity index (χ1v) is 7.92. The molecule has 4 nitrogen and oxygen atoms in total. The standard InChI is InChI=1S/C18H31NO3/c1-8-10-18(21-13-9-2)11-12-19(17(6,7)14-18)15(20)22-16(3,4)5/h8-9H,1-2,10-14H2,3-7H3. The number of ether oxygens (including phenoxy) is 2. The zero-order valence-electron chi connectivity index (χ0n) is 14.8. The van der Waals surface area contributed by atoms with Gasteiger partial charge in [0.25, 0.3) is 0 Å². The fraction of sp³-hybridized carbons (Fsp3) is 0.722. The summed E-state index contributed by atoms with van der Waals surface area (Å²) in [6.07, 6.45) is 5.69. The lowest BCUT2D eigenvalue weighted by molar-refractivity contribution is -0.109. The second-order valence-electron chi connectivity index (χ2n) is 7.65. The summed E-state index contributed by atoms with van der Waals surface area (Å²) in [5, 5.41) is 0. The first-order valence-electron chi connectivity index (χ1n) is 7.92. The third-order valence-electron chi connectivity index (χ3n) is 3.91. The van der Waals surface area contributed by atoms with Crippen LogP contribution in [0.2, 0.25) is 0 Å². The van der Waals surface area contributed by atoms with E-state index in [1.807, 2.05) is 31.7 Å². The molecule has 0 N–H and O–H groups in total. The molecule has 0 spiro atoms. The van der Waals surface area contributed by atoms with Gasteiger partial charge in [0, 0.05) is 12.1 Å². The lowest BCUT2D eigenvalue weighted by atomic mass is 9.77. The number of carbonyl (C=O) groups is 1. The molecule has 1 saturated heterocycles. The molecule has 1 fully saturated rings. The van der Waals surface area contributed by atoms with E-state index < -0.39 is 5.60 Å². The van der Waals surface area contributed by atoms with Crippen molar-refractivity contribution >= 4 is 6.09 Å². The average molecular weight is 309 g/mol. The number of hydrogen-bond acceptors (Lipinski definition) is 3. The Morgan fingerprint density at radius 2 is 1.91 bits per heavy atom. The summed E-state index contributed by atoms with van der Waals surface area (Å²) in [4.78, 5) is 14.3. The number of nitrogens with zero attached hydrogens (tertiary/aromatic N) is 1. The Balaban J connectivity index is 2.88. The first kappa shape index (κ1) is 18.8. The van der Waals surface area contributed by atoms with Gasteiger partial charge in [0.05, 0.1) is 12.2 Å². The molecule has 0 bridgehead atoms. The molecule has 22 heavy (non-hydrogen) atoms. The highest BCUT2D eigenvalue weighted by Crippen LogP contribution is 2.40. The predicted octanol–water partition coefficient (Wildman–Crippen LogP) is 4.31. The molecule has 1 atom stereocenters. The number of likely N-dealkylation sites (tertiary alicyclic amines) is 1. The normalized spacial score (nSPS) is 24.7. The number of piperidine rings is 1. The Kier molecular flexibility index (Phi) is 5.85. The van der Waals surface area contributed by atoms with Gasteiger partial charge in [-0.15, -0.1) is 13.2 Å². The molecule has 0 saturated carbocycles. The minimum absolute atomic E-state index is 0.256. The summed E-state index contributed by atoms with van der Waals surface area (Å²) < 4.78 is 11.6. The number of rotatable bonds is 5. The Morgan fingerprint density at radius 1 is 1.27 bits per heavy atom. The summed E-state index contributed by atoms with van der Waals surface area (Å²) in [7, 11) is 0. The van der Waals surface area contributed by atoms with E-state index in [0.29, 0.717) is 13.2 Å². The number of carbonyl (C=O) groups excluding carboxylic acids is 1. The molecule has 1 heterocycles. The largest absolute Gasteiger partial charge is 0.444 e. The molecular weight excluding hydrogens is 278 g/mol. The minimum Gasteiger partial charge on any atom is -0.444 e. The van der Waals surface area contributed by atoms with Gasteiger partial charge in [-0.25, -0.2) is 4.79 Å². The monoisotopic (exact) mass is 309 g/mol. The Bertz CT molecular complexity index is 423. The SMILES string of the molecule is C=CCOC1(CC=C)CCN(C(=O)OC(C)(C)C)C(C)(C)C1. The predicted molar refractivity (Wildman–Crippen MR) is 89.9 cm³/mol. The van der Waals surface area contributed by atoms with E-state index in [-0.39, 0.29) is 17.2 Å². The molecule has 4 heteroatoms. The lowest BCUT2D eigenvalue weighted by Crippen LogP contribution is -2.59. The van der Waals surface area contributed by atoms with E-state index in [9.17, 15) is 4.79 Å². The number of hydrogen-bond donors (Lipinski definition) is 0. The van der Waals surface area contributed by atoms with Crippen LogP contribution < -0.4 is 0 Å². The van der Waals surface area contributed by atoms with Crippen molar-refractivity contribution in [2.45, 2.75) is 70.6 Å². The second-order valence-corrected chi connectivity index (χ2v) is 7.65. The van der Waals surface area contributed by atoms with Crippen molar-refractivity contribution in [1.82, 2.24) is 4.90 Å². The average Bonchev–Trinajstić information content (AvgIpc) is 2.33. The van der Waals surface area contributed by atoms with E-state index in [2.05, 4.69) is 27.0 Å². The van der Waals surface area contributed by atoms with Crippen molar-refractivity contribution in [3.8, 4) is 0 Å². The molecule has 0 aliphatic carbocycles. The maximum absolute atomic E-state index is 12.4. The van der Waals surface area contributed by atoms with Gasteiger partial charge in [-0.3, -0.25) is 0 Å². The second kappa shape index (κ2) is 6.86. The third kappa shape index (κ3) is 4.87. The third-order valence-corrected chi connectivity index (χ3v) is 3.91. The van der Waals surface area contributed by atoms with Crippen molar-refractivity contribution in [1.29, 1.82) is 0 Å². The zero-order chi connectivity index (χ0) is 17.0. The van der Waals surface area contributed by atoms with Gasteiger partial charge < -0.3 is 14.4 Å². The summed E-state index contributed by atoms with van der Waals surface area (Å²) >= 11 is 0. The van der Waals surface area contributed by atoms with Crippen molar-refractivity contribution in [2.75, 3.05) is 13.2 Å². The van der Waals surface area contributed by atoms with E-state index in [1.54, 1.807) is 6.08 Å². The van der Waals surface area contributed by atoms with Crippen LogP contribution in [0.25, 0.3) is 0 Å². The van der Waals surface area contributed by atoms with Gasteiger partial charge in [0.2, 0.25) is 0 Å².